The lowest BCUT2D eigenvalue weighted by Crippen LogP contribution is -2.45. The van der Waals surface area contributed by atoms with Gasteiger partial charge in [-0.2, -0.15) is 0 Å². The third-order valence-electron chi connectivity index (χ3n) is 3.45. The molecule has 1 amide bonds. The molecule has 1 aliphatic heterocycles. The minimum absolute atomic E-state index is 0.164. The van der Waals surface area contributed by atoms with Crippen molar-refractivity contribution >= 4 is 27.7 Å². The third kappa shape index (κ3) is 3.17. The maximum absolute atomic E-state index is 12.5. The van der Waals surface area contributed by atoms with Crippen LogP contribution in [0.1, 0.15) is 45.2 Å². The summed E-state index contributed by atoms with van der Waals surface area (Å²) in [6.07, 6.45) is 1.70. The topological polar surface area (TPSA) is 29.5 Å². The largest absolute Gasteiger partial charge is 0.443 e. The van der Waals surface area contributed by atoms with Crippen molar-refractivity contribution in [2.45, 2.75) is 59.1 Å². The lowest BCUT2D eigenvalue weighted by Gasteiger charge is -2.37. The van der Waals surface area contributed by atoms with Crippen molar-refractivity contribution in [2.24, 2.45) is 0 Å². The molecular formula is C16H22BrNO2. The van der Waals surface area contributed by atoms with Crippen LogP contribution in [0.2, 0.25) is 0 Å². The van der Waals surface area contributed by atoms with Crippen molar-refractivity contribution in [1.29, 1.82) is 0 Å². The van der Waals surface area contributed by atoms with Crippen molar-refractivity contribution in [3.63, 3.8) is 0 Å². The zero-order chi connectivity index (χ0) is 15.1. The number of carbonyl (C=O) groups is 1. The predicted octanol–water partition coefficient (Wildman–Crippen LogP) is 4.83. The molecule has 0 N–H and O–H groups in total. The Bertz CT molecular complexity index is 534. The van der Waals surface area contributed by atoms with Crippen molar-refractivity contribution in [1.82, 2.24) is 0 Å². The van der Waals surface area contributed by atoms with E-state index in [1.807, 2.05) is 38.7 Å². The Labute approximate surface area is 129 Å². The molecule has 0 saturated carbocycles. The Hall–Kier alpha value is -1.03. The number of aryl methyl sites for hydroxylation is 2. The molecule has 1 aromatic carbocycles. The summed E-state index contributed by atoms with van der Waals surface area (Å²) in [5, 5.41) is 0. The molecule has 0 saturated heterocycles. The van der Waals surface area contributed by atoms with E-state index >= 15 is 0 Å². The number of ether oxygens (including phenoxy) is 1. The average Bonchev–Trinajstić information content (AvgIpc) is 2.27. The van der Waals surface area contributed by atoms with Gasteiger partial charge in [-0.25, -0.2) is 4.79 Å². The Morgan fingerprint density at radius 1 is 1.40 bits per heavy atom. The van der Waals surface area contributed by atoms with E-state index < -0.39 is 5.60 Å². The summed E-state index contributed by atoms with van der Waals surface area (Å²) in [6.45, 7) is 9.81. The molecular weight excluding hydrogens is 318 g/mol. The van der Waals surface area contributed by atoms with Gasteiger partial charge in [0, 0.05) is 10.5 Å². The fraction of sp³-hybridized carbons (Fsp3) is 0.562. The lowest BCUT2D eigenvalue weighted by atomic mass is 9.94. The zero-order valence-electron chi connectivity index (χ0n) is 12.8. The predicted molar refractivity (Wildman–Crippen MR) is 85.4 cm³/mol. The van der Waals surface area contributed by atoms with Gasteiger partial charge in [0.05, 0.1) is 5.69 Å². The molecule has 0 fully saturated rings. The van der Waals surface area contributed by atoms with Gasteiger partial charge in [0.15, 0.2) is 0 Å². The number of fused-ring (bicyclic) bond motifs is 1. The van der Waals surface area contributed by atoms with Crippen LogP contribution in [-0.4, -0.2) is 17.7 Å². The molecule has 1 atom stereocenters. The fourth-order valence-electron chi connectivity index (χ4n) is 2.64. The van der Waals surface area contributed by atoms with E-state index in [2.05, 4.69) is 28.9 Å². The lowest BCUT2D eigenvalue weighted by molar-refractivity contribution is 0.0563. The van der Waals surface area contributed by atoms with Gasteiger partial charge in [0.1, 0.15) is 5.60 Å². The molecule has 1 aromatic rings. The van der Waals surface area contributed by atoms with Crippen LogP contribution in [0.4, 0.5) is 10.5 Å². The van der Waals surface area contributed by atoms with E-state index in [1.165, 1.54) is 5.56 Å². The molecule has 4 heteroatoms. The molecule has 110 valence electrons. The molecule has 3 nitrogen and oxygen atoms in total. The van der Waals surface area contributed by atoms with Crippen LogP contribution in [-0.2, 0) is 11.2 Å². The Morgan fingerprint density at radius 3 is 2.65 bits per heavy atom. The molecule has 0 aromatic heterocycles. The van der Waals surface area contributed by atoms with Gasteiger partial charge in [0.25, 0.3) is 0 Å². The van der Waals surface area contributed by atoms with Crippen LogP contribution >= 0.6 is 15.9 Å². The van der Waals surface area contributed by atoms with E-state index in [0.717, 1.165) is 28.6 Å². The normalized spacial score (nSPS) is 18.7. The van der Waals surface area contributed by atoms with Crippen LogP contribution in [0.5, 0.6) is 0 Å². The van der Waals surface area contributed by atoms with E-state index in [0.29, 0.717) is 0 Å². The second-order valence-electron chi connectivity index (χ2n) is 6.47. The highest BCUT2D eigenvalue weighted by Gasteiger charge is 2.32. The van der Waals surface area contributed by atoms with Gasteiger partial charge in [-0.05, 0) is 70.7 Å². The number of rotatable bonds is 0. The van der Waals surface area contributed by atoms with E-state index in [9.17, 15) is 4.79 Å². The monoisotopic (exact) mass is 339 g/mol. The summed E-state index contributed by atoms with van der Waals surface area (Å²) in [6, 6.07) is 4.32. The fourth-order valence-corrected chi connectivity index (χ4v) is 3.26. The molecule has 1 aliphatic rings. The summed E-state index contributed by atoms with van der Waals surface area (Å²) in [4.78, 5) is 14.3. The van der Waals surface area contributed by atoms with Gasteiger partial charge in [-0.1, -0.05) is 15.9 Å². The quantitative estimate of drug-likeness (QED) is 0.677. The first kappa shape index (κ1) is 15.4. The Morgan fingerprint density at radius 2 is 2.05 bits per heavy atom. The summed E-state index contributed by atoms with van der Waals surface area (Å²) >= 11 is 3.53. The maximum atomic E-state index is 12.5. The molecule has 20 heavy (non-hydrogen) atoms. The van der Waals surface area contributed by atoms with Crippen LogP contribution in [0.25, 0.3) is 0 Å². The number of hydrogen-bond donors (Lipinski definition) is 0. The molecule has 0 radical (unpaired) electrons. The van der Waals surface area contributed by atoms with Crippen molar-refractivity contribution < 1.29 is 9.53 Å². The Balaban J connectivity index is 2.42. The number of carbonyl (C=O) groups excluding carboxylic acids is 1. The first-order valence-corrected chi connectivity index (χ1v) is 7.79. The standard InChI is InChI=1S/C16H22BrNO2/c1-10-8-13(17)9-12-7-6-11(2)18(14(10)12)15(19)20-16(3,4)5/h8-9,11H,6-7H2,1-5H3. The molecule has 0 spiro atoms. The number of halogens is 1. The minimum Gasteiger partial charge on any atom is -0.443 e. The molecule has 1 unspecified atom stereocenters. The first-order valence-electron chi connectivity index (χ1n) is 7.00. The molecule has 1 heterocycles. The van der Waals surface area contributed by atoms with Crippen molar-refractivity contribution in [3.05, 3.63) is 27.7 Å². The summed E-state index contributed by atoms with van der Waals surface area (Å²) in [5.74, 6) is 0. The minimum atomic E-state index is -0.475. The summed E-state index contributed by atoms with van der Waals surface area (Å²) < 4.78 is 6.63. The summed E-state index contributed by atoms with van der Waals surface area (Å²) in [7, 11) is 0. The van der Waals surface area contributed by atoms with Crippen LogP contribution in [0.3, 0.4) is 0 Å². The van der Waals surface area contributed by atoms with Crippen LogP contribution < -0.4 is 4.90 Å². The number of benzene rings is 1. The number of amides is 1. The SMILES string of the molecule is Cc1cc(Br)cc2c1N(C(=O)OC(C)(C)C)C(C)CC2. The smallest absolute Gasteiger partial charge is 0.415 e. The van der Waals surface area contributed by atoms with E-state index in [4.69, 9.17) is 4.74 Å². The molecule has 0 aliphatic carbocycles. The highest BCUT2D eigenvalue weighted by atomic mass is 79.9. The second kappa shape index (κ2) is 5.40. The number of hydrogen-bond acceptors (Lipinski definition) is 2. The van der Waals surface area contributed by atoms with Crippen LogP contribution in [0, 0.1) is 6.92 Å². The number of nitrogens with zero attached hydrogens (tertiary/aromatic N) is 1. The van der Waals surface area contributed by atoms with Gasteiger partial charge in [0.2, 0.25) is 0 Å². The van der Waals surface area contributed by atoms with Gasteiger partial charge < -0.3 is 4.74 Å². The highest BCUT2D eigenvalue weighted by Crippen LogP contribution is 2.36. The van der Waals surface area contributed by atoms with Crippen molar-refractivity contribution in [3.8, 4) is 0 Å². The zero-order valence-corrected chi connectivity index (χ0v) is 14.4. The van der Waals surface area contributed by atoms with Gasteiger partial charge in [-0.3, -0.25) is 4.90 Å². The van der Waals surface area contributed by atoms with E-state index in [-0.39, 0.29) is 12.1 Å². The van der Waals surface area contributed by atoms with Gasteiger partial charge >= 0.3 is 6.09 Å². The van der Waals surface area contributed by atoms with Crippen LogP contribution in [0.15, 0.2) is 16.6 Å². The second-order valence-corrected chi connectivity index (χ2v) is 7.38. The summed E-state index contributed by atoms with van der Waals surface area (Å²) in [5.41, 5.74) is 2.85. The van der Waals surface area contributed by atoms with Crippen molar-refractivity contribution in [2.75, 3.05) is 4.90 Å². The molecule has 0 bridgehead atoms. The number of anilines is 1. The highest BCUT2D eigenvalue weighted by molar-refractivity contribution is 9.10. The van der Waals surface area contributed by atoms with E-state index in [1.54, 1.807) is 0 Å². The third-order valence-corrected chi connectivity index (χ3v) is 3.91. The Kier molecular flexibility index (Phi) is 4.14. The average molecular weight is 340 g/mol. The maximum Gasteiger partial charge on any atom is 0.415 e. The molecule has 2 rings (SSSR count). The van der Waals surface area contributed by atoms with Gasteiger partial charge in [-0.15, -0.1) is 0 Å². The first-order chi connectivity index (χ1) is 9.19.